The quantitative estimate of drug-likeness (QED) is 0.722. The molecule has 1 unspecified atom stereocenters. The highest BCUT2D eigenvalue weighted by atomic mass is 16.5. The Balaban J connectivity index is 1.76. The second-order valence-corrected chi connectivity index (χ2v) is 5.98. The molecule has 0 bridgehead atoms. The van der Waals surface area contributed by atoms with Crippen LogP contribution in [0.15, 0.2) is 47.1 Å². The molecule has 0 saturated heterocycles. The Bertz CT molecular complexity index is 695. The molecular weight excluding hydrogens is 320 g/mol. The van der Waals surface area contributed by atoms with Gasteiger partial charge in [-0.1, -0.05) is 32.0 Å². The third-order valence-corrected chi connectivity index (χ3v) is 3.67. The Morgan fingerprint density at radius 3 is 2.44 bits per heavy atom. The number of rotatable bonds is 8. The first-order valence-corrected chi connectivity index (χ1v) is 8.34. The van der Waals surface area contributed by atoms with Gasteiger partial charge in [0.05, 0.1) is 6.26 Å². The Morgan fingerprint density at radius 1 is 1.04 bits per heavy atom. The fourth-order valence-electron chi connectivity index (χ4n) is 2.31. The lowest BCUT2D eigenvalue weighted by Gasteiger charge is -2.18. The largest absolute Gasteiger partial charge is 0.481 e. The monoisotopic (exact) mass is 344 g/mol. The van der Waals surface area contributed by atoms with Gasteiger partial charge in [0.1, 0.15) is 5.75 Å². The van der Waals surface area contributed by atoms with E-state index in [4.69, 9.17) is 9.15 Å². The number of ether oxygens (including phenoxy) is 1. The number of amides is 2. The molecule has 6 heteroatoms. The second-order valence-electron chi connectivity index (χ2n) is 5.98. The van der Waals surface area contributed by atoms with E-state index in [-0.39, 0.29) is 17.6 Å². The van der Waals surface area contributed by atoms with Crippen LogP contribution in [0.5, 0.6) is 5.75 Å². The minimum atomic E-state index is -0.624. The molecule has 0 aliphatic heterocycles. The zero-order chi connectivity index (χ0) is 18.2. The summed E-state index contributed by atoms with van der Waals surface area (Å²) in [6.07, 6.45) is 0.811. The van der Waals surface area contributed by atoms with E-state index in [0.29, 0.717) is 24.8 Å². The van der Waals surface area contributed by atoms with Crippen LogP contribution >= 0.6 is 0 Å². The van der Waals surface area contributed by atoms with Crippen molar-refractivity contribution in [3.8, 4) is 5.75 Å². The van der Waals surface area contributed by atoms with E-state index in [1.165, 1.54) is 6.26 Å². The molecule has 0 aliphatic rings. The molecule has 0 saturated carbocycles. The van der Waals surface area contributed by atoms with Crippen molar-refractivity contribution in [2.45, 2.75) is 32.8 Å². The molecule has 2 aromatic rings. The zero-order valence-electron chi connectivity index (χ0n) is 14.7. The summed E-state index contributed by atoms with van der Waals surface area (Å²) in [4.78, 5) is 23.8. The third kappa shape index (κ3) is 5.38. The molecule has 0 spiro atoms. The van der Waals surface area contributed by atoms with Crippen molar-refractivity contribution in [1.29, 1.82) is 0 Å². The van der Waals surface area contributed by atoms with Crippen LogP contribution in [-0.4, -0.2) is 31.0 Å². The van der Waals surface area contributed by atoms with E-state index in [9.17, 15) is 9.59 Å². The normalized spacial score (nSPS) is 11.8. The smallest absolute Gasteiger partial charge is 0.287 e. The van der Waals surface area contributed by atoms with Crippen LogP contribution in [0.2, 0.25) is 0 Å². The number of furan rings is 1. The number of nitrogens with one attached hydrogen (secondary N) is 2. The van der Waals surface area contributed by atoms with E-state index in [1.807, 2.05) is 24.3 Å². The minimum absolute atomic E-state index is 0.231. The summed E-state index contributed by atoms with van der Waals surface area (Å²) in [5, 5.41) is 5.41. The summed E-state index contributed by atoms with van der Waals surface area (Å²) in [7, 11) is 0. The number of carbonyl (C=O) groups excluding carboxylic acids is 2. The van der Waals surface area contributed by atoms with E-state index in [2.05, 4.69) is 24.5 Å². The fourth-order valence-corrected chi connectivity index (χ4v) is 2.31. The molecule has 2 amide bonds. The molecule has 2 N–H and O–H groups in total. The first kappa shape index (κ1) is 18.6. The summed E-state index contributed by atoms with van der Waals surface area (Å²) in [6, 6.07) is 10.9. The van der Waals surface area contributed by atoms with Crippen molar-refractivity contribution in [3.05, 3.63) is 54.0 Å². The van der Waals surface area contributed by atoms with Gasteiger partial charge in [-0.3, -0.25) is 9.59 Å². The lowest BCUT2D eigenvalue weighted by molar-refractivity contribution is -0.127. The highest BCUT2D eigenvalue weighted by Gasteiger charge is 2.17. The number of benzene rings is 1. The predicted molar refractivity (Wildman–Crippen MR) is 94.7 cm³/mol. The minimum Gasteiger partial charge on any atom is -0.481 e. The maximum atomic E-state index is 12.1. The molecule has 1 heterocycles. The van der Waals surface area contributed by atoms with E-state index in [0.717, 1.165) is 5.56 Å². The van der Waals surface area contributed by atoms with E-state index >= 15 is 0 Å². The van der Waals surface area contributed by atoms with Crippen LogP contribution < -0.4 is 15.4 Å². The average Bonchev–Trinajstić information content (AvgIpc) is 3.13. The Kier molecular flexibility index (Phi) is 6.62. The van der Waals surface area contributed by atoms with Gasteiger partial charge in [0, 0.05) is 13.1 Å². The van der Waals surface area contributed by atoms with Gasteiger partial charge in [0.15, 0.2) is 11.9 Å². The average molecular weight is 344 g/mol. The Morgan fingerprint density at radius 2 is 1.76 bits per heavy atom. The van der Waals surface area contributed by atoms with Crippen LogP contribution in [0.3, 0.4) is 0 Å². The van der Waals surface area contributed by atoms with Crippen molar-refractivity contribution in [1.82, 2.24) is 10.6 Å². The van der Waals surface area contributed by atoms with E-state index < -0.39 is 6.10 Å². The summed E-state index contributed by atoms with van der Waals surface area (Å²) in [6.45, 7) is 6.47. The summed E-state index contributed by atoms with van der Waals surface area (Å²) in [5.41, 5.74) is 1.06. The molecule has 1 atom stereocenters. The van der Waals surface area contributed by atoms with Gasteiger partial charge in [-0.05, 0) is 36.6 Å². The summed E-state index contributed by atoms with van der Waals surface area (Å²) < 4.78 is 10.8. The fraction of sp³-hybridized carbons (Fsp3) is 0.368. The highest BCUT2D eigenvalue weighted by Crippen LogP contribution is 2.26. The lowest BCUT2D eigenvalue weighted by atomic mass is 10.0. The molecular formula is C19H24N2O4. The molecule has 25 heavy (non-hydrogen) atoms. The maximum Gasteiger partial charge on any atom is 0.287 e. The Hall–Kier alpha value is -2.76. The van der Waals surface area contributed by atoms with Crippen LogP contribution in [0.4, 0.5) is 0 Å². The Labute approximate surface area is 147 Å². The van der Waals surface area contributed by atoms with Crippen molar-refractivity contribution in [2.75, 3.05) is 13.1 Å². The SMILES string of the molecule is CC(Oc1ccccc1C(C)C)C(=O)NCCNC(=O)c1ccco1. The van der Waals surface area contributed by atoms with Crippen molar-refractivity contribution < 1.29 is 18.7 Å². The van der Waals surface area contributed by atoms with Crippen molar-refractivity contribution in [2.24, 2.45) is 0 Å². The van der Waals surface area contributed by atoms with Gasteiger partial charge in [-0.2, -0.15) is 0 Å². The second kappa shape index (κ2) is 8.92. The topological polar surface area (TPSA) is 80.6 Å². The number of carbonyl (C=O) groups is 2. The number of para-hydroxylation sites is 1. The van der Waals surface area contributed by atoms with Gasteiger partial charge >= 0.3 is 0 Å². The first-order valence-electron chi connectivity index (χ1n) is 8.34. The lowest BCUT2D eigenvalue weighted by Crippen LogP contribution is -2.40. The molecule has 6 nitrogen and oxygen atoms in total. The van der Waals surface area contributed by atoms with Gasteiger partial charge in [-0.25, -0.2) is 0 Å². The van der Waals surface area contributed by atoms with Crippen LogP contribution in [-0.2, 0) is 4.79 Å². The molecule has 1 aromatic heterocycles. The highest BCUT2D eigenvalue weighted by molar-refractivity contribution is 5.91. The van der Waals surface area contributed by atoms with Crippen molar-refractivity contribution in [3.63, 3.8) is 0 Å². The standard InChI is InChI=1S/C19H24N2O4/c1-13(2)15-7-4-5-8-16(15)25-14(3)18(22)20-10-11-21-19(23)17-9-6-12-24-17/h4-9,12-14H,10-11H2,1-3H3,(H,20,22)(H,21,23). The van der Waals surface area contributed by atoms with Gasteiger partial charge in [-0.15, -0.1) is 0 Å². The molecule has 134 valence electrons. The third-order valence-electron chi connectivity index (χ3n) is 3.67. The van der Waals surface area contributed by atoms with Crippen LogP contribution in [0.1, 0.15) is 42.8 Å². The number of hydrogen-bond donors (Lipinski definition) is 2. The summed E-state index contributed by atoms with van der Waals surface area (Å²) >= 11 is 0. The molecule has 0 radical (unpaired) electrons. The molecule has 1 aromatic carbocycles. The molecule has 2 rings (SSSR count). The van der Waals surface area contributed by atoms with E-state index in [1.54, 1.807) is 19.1 Å². The maximum absolute atomic E-state index is 12.1. The molecule has 0 fully saturated rings. The van der Waals surface area contributed by atoms with Gasteiger partial charge in [0.25, 0.3) is 11.8 Å². The summed E-state index contributed by atoms with van der Waals surface area (Å²) in [5.74, 6) is 0.725. The number of hydrogen-bond acceptors (Lipinski definition) is 4. The van der Waals surface area contributed by atoms with Crippen molar-refractivity contribution >= 4 is 11.8 Å². The molecule has 0 aliphatic carbocycles. The first-order chi connectivity index (χ1) is 12.0. The predicted octanol–water partition coefficient (Wildman–Crippen LogP) is 2.72. The zero-order valence-corrected chi connectivity index (χ0v) is 14.7. The van der Waals surface area contributed by atoms with Crippen LogP contribution in [0, 0.1) is 0 Å². The van der Waals surface area contributed by atoms with Crippen LogP contribution in [0.25, 0.3) is 0 Å². The van der Waals surface area contributed by atoms with Gasteiger partial charge < -0.3 is 19.8 Å². The van der Waals surface area contributed by atoms with Gasteiger partial charge in [0.2, 0.25) is 0 Å².